The number of thiazole rings is 1. The number of hydrogen-bond donors (Lipinski definition) is 2. The Bertz CT molecular complexity index is 754. The molecule has 1 atom stereocenters. The Balaban J connectivity index is 1.72. The summed E-state index contributed by atoms with van der Waals surface area (Å²) in [5.74, 6) is 1.24. The molecule has 6 nitrogen and oxygen atoms in total. The third kappa shape index (κ3) is 4.01. The minimum Gasteiger partial charge on any atom is -0.342 e. The second-order valence-corrected chi connectivity index (χ2v) is 5.89. The van der Waals surface area contributed by atoms with Crippen molar-refractivity contribution in [3.8, 4) is 0 Å². The molecule has 118 valence electrons. The monoisotopic (exact) mass is 327 g/mol. The minimum atomic E-state index is -0.357. The minimum absolute atomic E-state index is 0.0469. The highest BCUT2D eigenvalue weighted by atomic mass is 32.1. The number of nitrogens with one attached hydrogen (secondary N) is 2. The van der Waals surface area contributed by atoms with Crippen molar-refractivity contribution in [2.75, 3.05) is 0 Å². The SMILES string of the molecule is Cc1nc(C(NC(=O)CCc2cscn2)c2ccccc2)n[nH]1. The van der Waals surface area contributed by atoms with Crippen molar-refractivity contribution < 1.29 is 4.79 Å². The first-order chi connectivity index (χ1) is 11.2. The summed E-state index contributed by atoms with van der Waals surface area (Å²) in [6.45, 7) is 1.84. The zero-order chi connectivity index (χ0) is 16.1. The van der Waals surface area contributed by atoms with Crippen molar-refractivity contribution in [2.24, 2.45) is 0 Å². The molecule has 0 saturated carbocycles. The van der Waals surface area contributed by atoms with Crippen molar-refractivity contribution in [2.45, 2.75) is 25.8 Å². The second-order valence-electron chi connectivity index (χ2n) is 5.17. The molecule has 0 bridgehead atoms. The molecule has 0 saturated heterocycles. The van der Waals surface area contributed by atoms with Gasteiger partial charge in [-0.1, -0.05) is 30.3 Å². The first kappa shape index (κ1) is 15.4. The number of amides is 1. The summed E-state index contributed by atoms with van der Waals surface area (Å²) in [6, 6.07) is 9.36. The predicted octanol–water partition coefficient (Wildman–Crippen LogP) is 2.41. The zero-order valence-corrected chi connectivity index (χ0v) is 13.5. The first-order valence-electron chi connectivity index (χ1n) is 7.32. The van der Waals surface area contributed by atoms with Gasteiger partial charge in [-0.2, -0.15) is 5.10 Å². The van der Waals surface area contributed by atoms with Crippen LogP contribution >= 0.6 is 11.3 Å². The van der Waals surface area contributed by atoms with Gasteiger partial charge < -0.3 is 5.32 Å². The van der Waals surface area contributed by atoms with Crippen LogP contribution < -0.4 is 5.32 Å². The fourth-order valence-electron chi connectivity index (χ4n) is 2.27. The van der Waals surface area contributed by atoms with E-state index in [-0.39, 0.29) is 11.9 Å². The lowest BCUT2D eigenvalue weighted by Crippen LogP contribution is -2.30. The van der Waals surface area contributed by atoms with Gasteiger partial charge in [0.05, 0.1) is 11.2 Å². The van der Waals surface area contributed by atoms with Crippen LogP contribution in [0.2, 0.25) is 0 Å². The lowest BCUT2D eigenvalue weighted by Gasteiger charge is -2.16. The normalized spacial score (nSPS) is 12.0. The van der Waals surface area contributed by atoms with E-state index in [1.807, 2.05) is 42.6 Å². The average molecular weight is 327 g/mol. The summed E-state index contributed by atoms with van der Waals surface area (Å²) in [5.41, 5.74) is 3.67. The van der Waals surface area contributed by atoms with E-state index < -0.39 is 0 Å². The smallest absolute Gasteiger partial charge is 0.221 e. The van der Waals surface area contributed by atoms with Gasteiger partial charge in [-0.3, -0.25) is 9.89 Å². The van der Waals surface area contributed by atoms with E-state index in [2.05, 4.69) is 25.5 Å². The summed E-state index contributed by atoms with van der Waals surface area (Å²) in [7, 11) is 0. The Kier molecular flexibility index (Phi) is 4.77. The fraction of sp³-hybridized carbons (Fsp3) is 0.250. The molecule has 23 heavy (non-hydrogen) atoms. The second kappa shape index (κ2) is 7.15. The molecule has 7 heteroatoms. The Hall–Kier alpha value is -2.54. The van der Waals surface area contributed by atoms with Crippen LogP contribution in [0.4, 0.5) is 0 Å². The van der Waals surface area contributed by atoms with E-state index in [1.54, 1.807) is 5.51 Å². The lowest BCUT2D eigenvalue weighted by atomic mass is 10.1. The predicted molar refractivity (Wildman–Crippen MR) is 88.0 cm³/mol. The number of aryl methyl sites for hydroxylation is 2. The van der Waals surface area contributed by atoms with E-state index in [1.165, 1.54) is 11.3 Å². The molecular formula is C16H17N5OS. The van der Waals surface area contributed by atoms with E-state index in [9.17, 15) is 4.79 Å². The molecule has 0 aliphatic rings. The lowest BCUT2D eigenvalue weighted by molar-refractivity contribution is -0.121. The summed E-state index contributed by atoms with van der Waals surface area (Å²) >= 11 is 1.53. The number of aromatic amines is 1. The van der Waals surface area contributed by atoms with E-state index in [4.69, 9.17) is 0 Å². The van der Waals surface area contributed by atoms with Gasteiger partial charge in [0.2, 0.25) is 5.91 Å². The molecule has 2 heterocycles. The van der Waals surface area contributed by atoms with Crippen LogP contribution in [0.3, 0.4) is 0 Å². The summed E-state index contributed by atoms with van der Waals surface area (Å²) in [6.07, 6.45) is 1.01. The molecule has 3 aromatic rings. The summed E-state index contributed by atoms with van der Waals surface area (Å²) in [5, 5.41) is 12.0. The number of aromatic nitrogens is 4. The summed E-state index contributed by atoms with van der Waals surface area (Å²) in [4.78, 5) is 20.9. The van der Waals surface area contributed by atoms with Crippen molar-refractivity contribution in [3.63, 3.8) is 0 Å². The molecule has 2 N–H and O–H groups in total. The Labute approximate surface area is 138 Å². The molecule has 0 spiro atoms. The molecule has 0 aliphatic carbocycles. The highest BCUT2D eigenvalue weighted by Gasteiger charge is 2.20. The fourth-order valence-corrected chi connectivity index (χ4v) is 2.86. The van der Waals surface area contributed by atoms with Gasteiger partial charge in [0.15, 0.2) is 5.82 Å². The number of nitrogens with zero attached hydrogens (tertiary/aromatic N) is 3. The molecule has 1 unspecified atom stereocenters. The Morgan fingerprint density at radius 1 is 1.35 bits per heavy atom. The molecule has 1 aromatic carbocycles. The van der Waals surface area contributed by atoms with Crippen molar-refractivity contribution in [1.82, 2.24) is 25.5 Å². The maximum Gasteiger partial charge on any atom is 0.221 e. The summed E-state index contributed by atoms with van der Waals surface area (Å²) < 4.78 is 0. The van der Waals surface area contributed by atoms with Crippen LogP contribution in [0.25, 0.3) is 0 Å². The number of carbonyl (C=O) groups excluding carboxylic acids is 1. The highest BCUT2D eigenvalue weighted by molar-refractivity contribution is 7.07. The van der Waals surface area contributed by atoms with Gasteiger partial charge in [0.1, 0.15) is 11.9 Å². The molecule has 0 fully saturated rings. The van der Waals surface area contributed by atoms with Crippen molar-refractivity contribution in [3.05, 3.63) is 64.1 Å². The van der Waals surface area contributed by atoms with Crippen LogP contribution in [-0.4, -0.2) is 26.1 Å². The van der Waals surface area contributed by atoms with Crippen LogP contribution in [0.5, 0.6) is 0 Å². The van der Waals surface area contributed by atoms with Crippen molar-refractivity contribution >= 4 is 17.2 Å². The number of benzene rings is 1. The molecule has 2 aromatic heterocycles. The third-order valence-corrected chi connectivity index (χ3v) is 4.04. The van der Waals surface area contributed by atoms with Crippen LogP contribution in [-0.2, 0) is 11.2 Å². The molecule has 3 rings (SSSR count). The zero-order valence-electron chi connectivity index (χ0n) is 12.7. The van der Waals surface area contributed by atoms with Gasteiger partial charge in [-0.15, -0.1) is 11.3 Å². The van der Waals surface area contributed by atoms with Crippen LogP contribution in [0.15, 0.2) is 41.2 Å². The van der Waals surface area contributed by atoms with Gasteiger partial charge in [0, 0.05) is 11.8 Å². The van der Waals surface area contributed by atoms with Gasteiger partial charge in [0.25, 0.3) is 0 Å². The Morgan fingerprint density at radius 3 is 2.83 bits per heavy atom. The van der Waals surface area contributed by atoms with Gasteiger partial charge >= 0.3 is 0 Å². The maximum atomic E-state index is 12.3. The largest absolute Gasteiger partial charge is 0.342 e. The van der Waals surface area contributed by atoms with Gasteiger partial charge in [-0.05, 0) is 18.9 Å². The van der Waals surface area contributed by atoms with E-state index in [0.717, 1.165) is 17.1 Å². The first-order valence-corrected chi connectivity index (χ1v) is 8.27. The number of H-pyrrole nitrogens is 1. The molecule has 0 radical (unpaired) electrons. The van der Waals surface area contributed by atoms with Gasteiger partial charge in [-0.25, -0.2) is 9.97 Å². The average Bonchev–Trinajstić information content (AvgIpc) is 3.23. The molecular weight excluding hydrogens is 310 g/mol. The topological polar surface area (TPSA) is 83.6 Å². The molecule has 1 amide bonds. The quantitative estimate of drug-likeness (QED) is 0.728. The van der Waals surface area contributed by atoms with Crippen molar-refractivity contribution in [1.29, 1.82) is 0 Å². The number of hydrogen-bond acceptors (Lipinski definition) is 5. The number of rotatable bonds is 6. The standard InChI is InChI=1S/C16H17N5OS/c1-11-18-16(21-20-11)15(12-5-3-2-4-6-12)19-14(22)8-7-13-9-23-10-17-13/h2-6,9-10,15H,7-8H2,1H3,(H,19,22)(H,18,20,21). The molecule has 0 aliphatic heterocycles. The third-order valence-electron chi connectivity index (χ3n) is 3.40. The maximum absolute atomic E-state index is 12.3. The van der Waals surface area contributed by atoms with E-state index >= 15 is 0 Å². The van der Waals surface area contributed by atoms with E-state index in [0.29, 0.717) is 18.7 Å². The highest BCUT2D eigenvalue weighted by Crippen LogP contribution is 2.19. The van der Waals surface area contributed by atoms with Crippen LogP contribution in [0.1, 0.15) is 35.4 Å². The van der Waals surface area contributed by atoms with Crippen LogP contribution in [0, 0.1) is 6.92 Å². The Morgan fingerprint density at radius 2 is 2.17 bits per heavy atom. The number of carbonyl (C=O) groups is 1.